The van der Waals surface area contributed by atoms with Gasteiger partial charge in [-0.25, -0.2) is 0 Å². The van der Waals surface area contributed by atoms with Gasteiger partial charge in [-0.05, 0) is 23.3 Å². The van der Waals surface area contributed by atoms with Crippen molar-refractivity contribution in [3.63, 3.8) is 0 Å². The highest BCUT2D eigenvalue weighted by molar-refractivity contribution is 5.63. The van der Waals surface area contributed by atoms with Gasteiger partial charge in [0.25, 0.3) is 0 Å². The van der Waals surface area contributed by atoms with Crippen molar-refractivity contribution in [2.75, 3.05) is 0 Å². The van der Waals surface area contributed by atoms with Crippen LogP contribution in [0.15, 0.2) is 54.6 Å². The smallest absolute Gasteiger partial charge is 0.274 e. The number of halogens is 3. The summed E-state index contributed by atoms with van der Waals surface area (Å²) in [5.41, 5.74) is 1.08. The lowest BCUT2D eigenvalue weighted by Crippen LogP contribution is -2.03. The van der Waals surface area contributed by atoms with Gasteiger partial charge in [0.1, 0.15) is 0 Å². The largest absolute Gasteiger partial charge is 0.416 e. The third-order valence-corrected chi connectivity index (χ3v) is 2.32. The zero-order valence-electron chi connectivity index (χ0n) is 9.48. The van der Waals surface area contributed by atoms with Crippen molar-refractivity contribution >= 4 is 0 Å². The summed E-state index contributed by atoms with van der Waals surface area (Å²) in [5, 5.41) is 0. The summed E-state index contributed by atoms with van der Waals surface area (Å²) >= 11 is 0. The fourth-order valence-electron chi connectivity index (χ4n) is 1.48. The van der Waals surface area contributed by atoms with Crippen LogP contribution in [-0.4, -0.2) is 0 Å². The van der Waals surface area contributed by atoms with E-state index in [1.165, 1.54) is 12.1 Å². The van der Waals surface area contributed by atoms with E-state index in [4.69, 9.17) is 0 Å². The highest BCUT2D eigenvalue weighted by Gasteiger charge is 2.29. The molecule has 2 rings (SSSR count). The van der Waals surface area contributed by atoms with Gasteiger partial charge in [0.2, 0.25) is 0 Å². The molecule has 96 valence electrons. The molecule has 0 aromatic heterocycles. The first-order valence-electron chi connectivity index (χ1n) is 5.13. The predicted molar refractivity (Wildman–Crippen MR) is 65.3 cm³/mol. The summed E-state index contributed by atoms with van der Waals surface area (Å²) < 4.78 is 37.0. The van der Waals surface area contributed by atoms with Crippen LogP contribution < -0.4 is 11.7 Å². The maximum absolute atomic E-state index is 12.3. The summed E-state index contributed by atoms with van der Waals surface area (Å²) in [6, 6.07) is 14.5. The van der Waals surface area contributed by atoms with Crippen molar-refractivity contribution in [3.8, 4) is 11.1 Å². The van der Waals surface area contributed by atoms with Gasteiger partial charge in [-0.15, -0.1) is 0 Å². The number of alkyl halides is 3. The van der Waals surface area contributed by atoms with Gasteiger partial charge in [-0.3, -0.25) is 11.7 Å². The van der Waals surface area contributed by atoms with E-state index in [0.29, 0.717) is 0 Å². The van der Waals surface area contributed by atoms with E-state index in [9.17, 15) is 13.2 Å². The van der Waals surface area contributed by atoms with Gasteiger partial charge in [-0.1, -0.05) is 42.5 Å². The molecule has 0 bridgehead atoms. The Hall–Kier alpha value is -1.85. The molecule has 2 nitrogen and oxygen atoms in total. The monoisotopic (exact) mass is 254 g/mol. The minimum absolute atomic E-state index is 0.618. The van der Waals surface area contributed by atoms with E-state index < -0.39 is 11.7 Å². The first-order valence-corrected chi connectivity index (χ1v) is 5.13. The normalized spacial score (nSPS) is 10.5. The lowest BCUT2D eigenvalue weighted by Gasteiger charge is -2.07. The van der Waals surface area contributed by atoms with Crippen LogP contribution in [0, 0.1) is 0 Å². The maximum atomic E-state index is 12.3. The molecule has 0 saturated heterocycles. The van der Waals surface area contributed by atoms with Crippen LogP contribution in [0.3, 0.4) is 0 Å². The van der Waals surface area contributed by atoms with Crippen LogP contribution in [-0.2, 0) is 6.18 Å². The molecule has 0 unspecified atom stereocenters. The highest BCUT2D eigenvalue weighted by atomic mass is 19.4. The zero-order chi connectivity index (χ0) is 13.6. The molecular weight excluding hydrogens is 241 g/mol. The molecule has 0 spiro atoms. The van der Waals surface area contributed by atoms with Crippen LogP contribution >= 0.6 is 0 Å². The molecule has 18 heavy (non-hydrogen) atoms. The Kier molecular flexibility index (Phi) is 4.88. The maximum Gasteiger partial charge on any atom is 0.416 e. The Bertz CT molecular complexity index is 464. The second-order valence-electron chi connectivity index (χ2n) is 3.44. The van der Waals surface area contributed by atoms with Gasteiger partial charge in [0.15, 0.2) is 0 Å². The van der Waals surface area contributed by atoms with Gasteiger partial charge in [0, 0.05) is 0 Å². The van der Waals surface area contributed by atoms with Crippen molar-refractivity contribution in [1.29, 1.82) is 0 Å². The third kappa shape index (κ3) is 3.58. The first-order chi connectivity index (χ1) is 8.57. The molecule has 2 aromatic carbocycles. The van der Waals surface area contributed by atoms with E-state index in [-0.39, 0.29) is 0 Å². The van der Waals surface area contributed by atoms with Crippen molar-refractivity contribution in [1.82, 2.24) is 0 Å². The standard InChI is InChI=1S/C13H9F3.H4N2/c14-13(15,16)12-8-6-11(7-9-12)10-4-2-1-3-5-10;1-2/h1-9H;1-2H2. The third-order valence-electron chi connectivity index (χ3n) is 2.32. The van der Waals surface area contributed by atoms with Crippen LogP contribution in [0.2, 0.25) is 0 Å². The van der Waals surface area contributed by atoms with E-state index in [1.807, 2.05) is 30.3 Å². The van der Waals surface area contributed by atoms with Gasteiger partial charge < -0.3 is 0 Å². The fraction of sp³-hybridized carbons (Fsp3) is 0.0769. The zero-order valence-corrected chi connectivity index (χ0v) is 9.48. The second-order valence-corrected chi connectivity index (χ2v) is 3.44. The number of hydrogen-bond acceptors (Lipinski definition) is 2. The molecular formula is C13H13F3N2. The molecule has 2 aromatic rings. The molecule has 0 radical (unpaired) electrons. The predicted octanol–water partition coefficient (Wildman–Crippen LogP) is 3.19. The van der Waals surface area contributed by atoms with Gasteiger partial charge in [-0.2, -0.15) is 13.2 Å². The highest BCUT2D eigenvalue weighted by Crippen LogP contribution is 2.30. The lowest BCUT2D eigenvalue weighted by molar-refractivity contribution is -0.137. The molecule has 0 aliphatic heterocycles. The van der Waals surface area contributed by atoms with E-state index in [0.717, 1.165) is 23.3 Å². The number of rotatable bonds is 1. The van der Waals surface area contributed by atoms with Crippen molar-refractivity contribution in [2.45, 2.75) is 6.18 Å². The minimum Gasteiger partial charge on any atom is -0.274 e. The Balaban J connectivity index is 0.000000771. The minimum atomic E-state index is -4.27. The molecule has 5 heteroatoms. The number of hydrogen-bond donors (Lipinski definition) is 2. The molecule has 0 atom stereocenters. The summed E-state index contributed by atoms with van der Waals surface area (Å²) in [7, 11) is 0. The fourth-order valence-corrected chi connectivity index (χ4v) is 1.48. The summed E-state index contributed by atoms with van der Waals surface area (Å²) in [6.07, 6.45) is -4.27. The van der Waals surface area contributed by atoms with E-state index in [1.54, 1.807) is 0 Å². The number of hydrazine groups is 1. The molecule has 0 aliphatic rings. The Morgan fingerprint density at radius 2 is 1.11 bits per heavy atom. The van der Waals surface area contributed by atoms with Gasteiger partial charge in [0.05, 0.1) is 5.56 Å². The van der Waals surface area contributed by atoms with Gasteiger partial charge >= 0.3 is 6.18 Å². The second kappa shape index (κ2) is 6.18. The first kappa shape index (κ1) is 14.2. The Morgan fingerprint density at radius 1 is 0.667 bits per heavy atom. The Morgan fingerprint density at radius 3 is 1.56 bits per heavy atom. The SMILES string of the molecule is FC(F)(F)c1ccc(-c2ccccc2)cc1.NN. The van der Waals surface area contributed by atoms with Crippen molar-refractivity contribution in [3.05, 3.63) is 60.2 Å². The molecule has 0 aliphatic carbocycles. The molecule has 0 heterocycles. The summed E-state index contributed by atoms with van der Waals surface area (Å²) in [5.74, 6) is 8.00. The quantitative estimate of drug-likeness (QED) is 0.606. The van der Waals surface area contributed by atoms with Crippen LogP contribution in [0.25, 0.3) is 11.1 Å². The molecule has 0 fully saturated rings. The molecule has 0 saturated carbocycles. The average Bonchev–Trinajstić information content (AvgIpc) is 2.41. The topological polar surface area (TPSA) is 52.0 Å². The summed E-state index contributed by atoms with van der Waals surface area (Å²) in [6.45, 7) is 0. The summed E-state index contributed by atoms with van der Waals surface area (Å²) in [4.78, 5) is 0. The van der Waals surface area contributed by atoms with Crippen molar-refractivity contribution < 1.29 is 13.2 Å². The molecule has 0 amide bonds. The molecule has 4 N–H and O–H groups in total. The van der Waals surface area contributed by atoms with Crippen LogP contribution in [0.4, 0.5) is 13.2 Å². The number of benzene rings is 2. The van der Waals surface area contributed by atoms with E-state index in [2.05, 4.69) is 11.7 Å². The van der Waals surface area contributed by atoms with E-state index >= 15 is 0 Å². The van der Waals surface area contributed by atoms with Crippen LogP contribution in [0.5, 0.6) is 0 Å². The number of nitrogens with two attached hydrogens (primary N) is 2. The Labute approximate surface area is 103 Å². The van der Waals surface area contributed by atoms with Crippen molar-refractivity contribution in [2.24, 2.45) is 11.7 Å². The lowest BCUT2D eigenvalue weighted by atomic mass is 10.0. The van der Waals surface area contributed by atoms with Crippen LogP contribution in [0.1, 0.15) is 5.56 Å². The average molecular weight is 254 g/mol.